The van der Waals surface area contributed by atoms with E-state index in [1.165, 1.54) is 31.4 Å². The van der Waals surface area contributed by atoms with Gasteiger partial charge in [-0.2, -0.15) is 0 Å². The minimum Gasteiger partial charge on any atom is -0.465 e. The Hall–Kier alpha value is -3.65. The molecule has 0 atom stereocenters. The van der Waals surface area contributed by atoms with Crippen LogP contribution in [0.25, 0.3) is 0 Å². The molecule has 0 heterocycles. The molecule has 0 saturated carbocycles. The van der Waals surface area contributed by atoms with Crippen LogP contribution in [0.15, 0.2) is 71.6 Å². The van der Waals surface area contributed by atoms with E-state index in [-0.39, 0.29) is 17.3 Å². The summed E-state index contributed by atoms with van der Waals surface area (Å²) >= 11 is 0. The van der Waals surface area contributed by atoms with Crippen molar-refractivity contribution in [3.8, 4) is 0 Å². The average Bonchev–Trinajstić information content (AvgIpc) is 2.80. The lowest BCUT2D eigenvalue weighted by atomic mass is 10.1. The number of anilines is 1. The van der Waals surface area contributed by atoms with E-state index >= 15 is 0 Å². The van der Waals surface area contributed by atoms with Gasteiger partial charge in [-0.25, -0.2) is 13.2 Å². The molecule has 0 aromatic heterocycles. The molecule has 0 aliphatic heterocycles. The quantitative estimate of drug-likeness (QED) is 0.531. The van der Waals surface area contributed by atoms with Crippen LogP contribution in [0.5, 0.6) is 0 Å². The fourth-order valence-corrected chi connectivity index (χ4v) is 4.13. The zero-order valence-corrected chi connectivity index (χ0v) is 18.8. The molecule has 0 fully saturated rings. The van der Waals surface area contributed by atoms with Crippen LogP contribution in [0.4, 0.5) is 5.69 Å². The Morgan fingerprint density at radius 1 is 0.875 bits per heavy atom. The van der Waals surface area contributed by atoms with Crippen LogP contribution in [0.3, 0.4) is 0 Å². The van der Waals surface area contributed by atoms with Gasteiger partial charge in [0, 0.05) is 12.1 Å². The van der Waals surface area contributed by atoms with Gasteiger partial charge in [-0.1, -0.05) is 24.3 Å². The molecule has 3 aromatic carbocycles. The van der Waals surface area contributed by atoms with Gasteiger partial charge in [-0.3, -0.25) is 9.52 Å². The third-order valence-electron chi connectivity index (χ3n) is 5.10. The van der Waals surface area contributed by atoms with Crippen LogP contribution in [-0.4, -0.2) is 27.4 Å². The maximum atomic E-state index is 12.7. The number of carbonyl (C=O) groups is 2. The van der Waals surface area contributed by atoms with Gasteiger partial charge in [-0.15, -0.1) is 0 Å². The molecule has 7 nitrogen and oxygen atoms in total. The standard InChI is InChI=1S/C24H24N2O5S/c1-16-5-4-6-22(17(16)2)26-32(29,30)21-13-11-19(12-14-21)23(27)25-15-18-7-9-20(10-8-18)24(28)31-3/h4-14,26H,15H2,1-3H3,(H,25,27). The number of benzene rings is 3. The fraction of sp³-hybridized carbons (Fsp3) is 0.167. The van der Waals surface area contributed by atoms with E-state index in [0.29, 0.717) is 16.8 Å². The lowest BCUT2D eigenvalue weighted by molar-refractivity contribution is 0.0600. The number of esters is 1. The summed E-state index contributed by atoms with van der Waals surface area (Å²) in [5, 5.41) is 2.77. The van der Waals surface area contributed by atoms with Crippen LogP contribution >= 0.6 is 0 Å². The first-order valence-electron chi connectivity index (χ1n) is 9.86. The van der Waals surface area contributed by atoms with Gasteiger partial charge in [0.2, 0.25) is 0 Å². The number of aryl methyl sites for hydroxylation is 1. The van der Waals surface area contributed by atoms with Gasteiger partial charge in [-0.05, 0) is 73.0 Å². The maximum Gasteiger partial charge on any atom is 0.337 e. The van der Waals surface area contributed by atoms with Crippen molar-refractivity contribution in [3.05, 3.63) is 94.5 Å². The number of hydrogen-bond acceptors (Lipinski definition) is 5. The topological polar surface area (TPSA) is 102 Å². The number of sulfonamides is 1. The van der Waals surface area contributed by atoms with E-state index < -0.39 is 16.0 Å². The Morgan fingerprint density at radius 2 is 1.50 bits per heavy atom. The van der Waals surface area contributed by atoms with E-state index in [1.54, 1.807) is 36.4 Å². The van der Waals surface area contributed by atoms with Crippen molar-refractivity contribution < 1.29 is 22.7 Å². The van der Waals surface area contributed by atoms with Gasteiger partial charge in [0.15, 0.2) is 0 Å². The van der Waals surface area contributed by atoms with E-state index in [2.05, 4.69) is 14.8 Å². The monoisotopic (exact) mass is 452 g/mol. The van der Waals surface area contributed by atoms with Crippen LogP contribution in [0.1, 0.15) is 37.4 Å². The van der Waals surface area contributed by atoms with Gasteiger partial charge in [0.25, 0.3) is 15.9 Å². The highest BCUT2D eigenvalue weighted by Gasteiger charge is 2.16. The van der Waals surface area contributed by atoms with Gasteiger partial charge in [0.1, 0.15) is 0 Å². The number of hydrogen-bond donors (Lipinski definition) is 2. The molecule has 0 aliphatic rings. The zero-order chi connectivity index (χ0) is 23.3. The third-order valence-corrected chi connectivity index (χ3v) is 6.49. The van der Waals surface area contributed by atoms with Gasteiger partial charge >= 0.3 is 5.97 Å². The lowest BCUT2D eigenvalue weighted by Crippen LogP contribution is -2.23. The number of nitrogens with one attached hydrogen (secondary N) is 2. The molecule has 1 amide bonds. The van der Waals surface area contributed by atoms with E-state index in [1.807, 2.05) is 19.9 Å². The summed E-state index contributed by atoms with van der Waals surface area (Å²) < 4.78 is 32.7. The average molecular weight is 453 g/mol. The number of amides is 1. The SMILES string of the molecule is COC(=O)c1ccc(CNC(=O)c2ccc(S(=O)(=O)Nc3cccc(C)c3C)cc2)cc1. The minimum atomic E-state index is -3.78. The van der Waals surface area contributed by atoms with E-state index in [4.69, 9.17) is 0 Å². The Bertz CT molecular complexity index is 1230. The Kier molecular flexibility index (Phi) is 6.95. The largest absolute Gasteiger partial charge is 0.465 e. The summed E-state index contributed by atoms with van der Waals surface area (Å²) in [7, 11) is -2.47. The molecular formula is C24H24N2O5S. The molecule has 32 heavy (non-hydrogen) atoms. The van der Waals surface area contributed by atoms with Gasteiger partial charge in [0.05, 0.1) is 23.3 Å². The van der Waals surface area contributed by atoms with Crippen LogP contribution in [0, 0.1) is 13.8 Å². The summed E-state index contributed by atoms with van der Waals surface area (Å²) in [6.45, 7) is 4.02. The second-order valence-corrected chi connectivity index (χ2v) is 8.93. The maximum absolute atomic E-state index is 12.7. The van der Waals surface area contributed by atoms with Crippen molar-refractivity contribution in [2.45, 2.75) is 25.3 Å². The molecule has 166 valence electrons. The second kappa shape index (κ2) is 9.65. The number of rotatable bonds is 7. The van der Waals surface area contributed by atoms with Crippen molar-refractivity contribution in [2.24, 2.45) is 0 Å². The van der Waals surface area contributed by atoms with Crippen molar-refractivity contribution in [2.75, 3.05) is 11.8 Å². The summed E-state index contributed by atoms with van der Waals surface area (Å²) in [6.07, 6.45) is 0. The second-order valence-electron chi connectivity index (χ2n) is 7.25. The van der Waals surface area contributed by atoms with Crippen molar-refractivity contribution in [1.82, 2.24) is 5.32 Å². The highest BCUT2D eigenvalue weighted by atomic mass is 32.2. The molecule has 0 saturated heterocycles. The molecule has 3 aromatic rings. The van der Waals surface area contributed by atoms with Crippen molar-refractivity contribution in [3.63, 3.8) is 0 Å². The Morgan fingerprint density at radius 3 is 2.12 bits per heavy atom. The van der Waals surface area contributed by atoms with Crippen LogP contribution < -0.4 is 10.0 Å². The van der Waals surface area contributed by atoms with Crippen LogP contribution in [0.2, 0.25) is 0 Å². The molecule has 0 spiro atoms. The Balaban J connectivity index is 1.65. The highest BCUT2D eigenvalue weighted by molar-refractivity contribution is 7.92. The van der Waals surface area contributed by atoms with Gasteiger partial charge < -0.3 is 10.1 Å². The number of ether oxygens (including phenoxy) is 1. The van der Waals surface area contributed by atoms with Crippen molar-refractivity contribution in [1.29, 1.82) is 0 Å². The molecule has 3 rings (SSSR count). The smallest absolute Gasteiger partial charge is 0.337 e. The normalized spacial score (nSPS) is 11.0. The zero-order valence-electron chi connectivity index (χ0n) is 18.0. The molecule has 2 N–H and O–H groups in total. The summed E-state index contributed by atoms with van der Waals surface area (Å²) in [5.74, 6) is -0.767. The molecule has 0 radical (unpaired) electrons. The van der Waals surface area contributed by atoms with Crippen LogP contribution in [-0.2, 0) is 21.3 Å². The molecular weight excluding hydrogens is 428 g/mol. The first-order valence-corrected chi connectivity index (χ1v) is 11.3. The molecule has 8 heteroatoms. The summed E-state index contributed by atoms with van der Waals surface area (Å²) in [4.78, 5) is 24.0. The third kappa shape index (κ3) is 5.33. The minimum absolute atomic E-state index is 0.0633. The Labute approximate surface area is 187 Å². The predicted octanol–water partition coefficient (Wildman–Crippen LogP) is 3.82. The number of methoxy groups -OCH3 is 1. The van der Waals surface area contributed by atoms with Crippen molar-refractivity contribution >= 4 is 27.6 Å². The fourth-order valence-electron chi connectivity index (χ4n) is 3.01. The van der Waals surface area contributed by atoms with E-state index in [9.17, 15) is 18.0 Å². The number of carbonyl (C=O) groups excluding carboxylic acids is 2. The van der Waals surface area contributed by atoms with E-state index in [0.717, 1.165) is 16.7 Å². The molecule has 0 unspecified atom stereocenters. The predicted molar refractivity (Wildman–Crippen MR) is 122 cm³/mol. The molecule has 0 aliphatic carbocycles. The first-order chi connectivity index (χ1) is 15.2. The first kappa shape index (κ1) is 23.0. The highest BCUT2D eigenvalue weighted by Crippen LogP contribution is 2.22. The summed E-state index contributed by atoms with van der Waals surface area (Å²) in [6, 6.07) is 17.8. The lowest BCUT2D eigenvalue weighted by Gasteiger charge is -2.12. The molecule has 0 bridgehead atoms. The summed E-state index contributed by atoms with van der Waals surface area (Å²) in [5.41, 5.74) is 3.92.